The Morgan fingerprint density at radius 2 is 2.45 bits per heavy atom. The number of allylic oxidation sites excluding steroid dienone is 1. The molecule has 0 aliphatic carbocycles. The molecule has 0 amide bonds. The maximum atomic E-state index is 9.34. The summed E-state index contributed by atoms with van der Waals surface area (Å²) in [6.45, 7) is 2.84. The van der Waals surface area contributed by atoms with E-state index in [9.17, 15) is 5.26 Å². The zero-order chi connectivity index (χ0) is 14.7. The monoisotopic (exact) mass is 288 g/mol. The van der Waals surface area contributed by atoms with Crippen molar-refractivity contribution in [1.82, 2.24) is 9.55 Å². The van der Waals surface area contributed by atoms with Gasteiger partial charge in [-0.1, -0.05) is 18.7 Å². The molecule has 1 aliphatic heterocycles. The molecule has 0 saturated carbocycles. The second-order valence-corrected chi connectivity index (χ2v) is 5.60. The average molecular weight is 288 g/mol. The van der Waals surface area contributed by atoms with Crippen LogP contribution in [0.5, 0.6) is 0 Å². The molecule has 1 aromatic heterocycles. The van der Waals surface area contributed by atoms with Crippen LogP contribution >= 0.6 is 11.8 Å². The fourth-order valence-electron chi connectivity index (χ4n) is 2.05. The van der Waals surface area contributed by atoms with E-state index in [0.29, 0.717) is 23.7 Å². The van der Waals surface area contributed by atoms with E-state index < -0.39 is 0 Å². The summed E-state index contributed by atoms with van der Waals surface area (Å²) in [6.07, 6.45) is 2.92. The minimum Gasteiger partial charge on any atom is -0.404 e. The van der Waals surface area contributed by atoms with Gasteiger partial charge in [0, 0.05) is 37.3 Å². The molecule has 104 valence electrons. The molecule has 1 unspecified atom stereocenters. The molecular formula is C13H16N6S. The van der Waals surface area contributed by atoms with Gasteiger partial charge in [-0.05, 0) is 5.92 Å². The third kappa shape index (κ3) is 2.47. The predicted molar refractivity (Wildman–Crippen MR) is 79.3 cm³/mol. The van der Waals surface area contributed by atoms with Gasteiger partial charge in [0.15, 0.2) is 5.16 Å². The maximum Gasteiger partial charge on any atom is 0.170 e. The molecular weight excluding hydrogens is 272 g/mol. The molecule has 0 spiro atoms. The zero-order valence-electron chi connectivity index (χ0n) is 11.4. The van der Waals surface area contributed by atoms with E-state index in [1.54, 1.807) is 29.6 Å². The predicted octanol–water partition coefficient (Wildman–Crippen LogP) is 0.976. The molecule has 1 atom stereocenters. The summed E-state index contributed by atoms with van der Waals surface area (Å²) in [5.41, 5.74) is 7.00. The smallest absolute Gasteiger partial charge is 0.170 e. The Balaban J connectivity index is 2.69. The van der Waals surface area contributed by atoms with Crippen molar-refractivity contribution in [2.45, 2.75) is 18.6 Å². The third-order valence-electron chi connectivity index (χ3n) is 3.01. The maximum absolute atomic E-state index is 9.34. The lowest BCUT2D eigenvalue weighted by Gasteiger charge is -2.24. The molecule has 20 heavy (non-hydrogen) atoms. The molecule has 1 aromatic rings. The van der Waals surface area contributed by atoms with Crippen LogP contribution in [0.1, 0.15) is 18.2 Å². The van der Waals surface area contributed by atoms with E-state index >= 15 is 0 Å². The van der Waals surface area contributed by atoms with Crippen LogP contribution in [0.4, 0.5) is 0 Å². The Morgan fingerprint density at radius 3 is 3.05 bits per heavy atom. The highest BCUT2D eigenvalue weighted by Crippen LogP contribution is 2.26. The number of aliphatic imine (C=N–C) groups is 1. The van der Waals surface area contributed by atoms with Crippen molar-refractivity contribution in [2.24, 2.45) is 16.6 Å². The Kier molecular flexibility index (Phi) is 4.25. The number of thioether (sulfide) groups is 1. The summed E-state index contributed by atoms with van der Waals surface area (Å²) in [7, 11) is 1.63. The van der Waals surface area contributed by atoms with Crippen LogP contribution in [-0.4, -0.2) is 28.6 Å². The van der Waals surface area contributed by atoms with Crippen LogP contribution in [0.3, 0.4) is 0 Å². The Hall–Kier alpha value is -2.07. The van der Waals surface area contributed by atoms with Gasteiger partial charge in [0.1, 0.15) is 17.1 Å². The fraction of sp³-hybridized carbons (Fsp3) is 0.385. The van der Waals surface area contributed by atoms with Crippen LogP contribution in [0.15, 0.2) is 16.3 Å². The number of rotatable bonds is 2. The normalized spacial score (nSPS) is 18.9. The van der Waals surface area contributed by atoms with Gasteiger partial charge in [0.05, 0.1) is 5.69 Å². The number of nitriles is 1. The Bertz CT molecular complexity index is 679. The second-order valence-electron chi connectivity index (χ2n) is 4.61. The van der Waals surface area contributed by atoms with Crippen LogP contribution in [0.25, 0.3) is 5.57 Å². The van der Waals surface area contributed by atoms with E-state index in [1.807, 2.05) is 0 Å². The van der Waals surface area contributed by atoms with Crippen LogP contribution in [-0.2, 0) is 6.54 Å². The van der Waals surface area contributed by atoms with Gasteiger partial charge in [-0.3, -0.25) is 10.4 Å². The summed E-state index contributed by atoms with van der Waals surface area (Å²) in [5, 5.41) is 18.3. The molecule has 0 fully saturated rings. The second kappa shape index (κ2) is 5.92. The third-order valence-corrected chi connectivity index (χ3v) is 4.31. The first-order chi connectivity index (χ1) is 9.62. The van der Waals surface area contributed by atoms with Gasteiger partial charge in [-0.25, -0.2) is 4.98 Å². The molecule has 2 heterocycles. The SMILES string of the molecule is CN=CC(=CN)c1nc2n(c(=N)c1C#N)CC(C)CS2. The van der Waals surface area contributed by atoms with Crippen LogP contribution < -0.4 is 11.2 Å². The van der Waals surface area contributed by atoms with E-state index in [1.165, 1.54) is 6.20 Å². The van der Waals surface area contributed by atoms with Gasteiger partial charge in [-0.2, -0.15) is 5.26 Å². The molecule has 0 bridgehead atoms. The van der Waals surface area contributed by atoms with Crippen molar-refractivity contribution >= 4 is 23.5 Å². The summed E-state index contributed by atoms with van der Waals surface area (Å²) >= 11 is 1.60. The van der Waals surface area contributed by atoms with Gasteiger partial charge < -0.3 is 10.3 Å². The summed E-state index contributed by atoms with van der Waals surface area (Å²) < 4.78 is 1.79. The molecule has 3 N–H and O–H groups in total. The standard InChI is InChI=1S/C13H16N6S/c1-8-6-19-12(16)10(4-15)11(9(3-14)5-17-2)18-13(19)20-7-8/h3,5,8,16H,6-7,14H2,1-2H3. The first-order valence-corrected chi connectivity index (χ1v) is 7.17. The summed E-state index contributed by atoms with van der Waals surface area (Å²) in [4.78, 5) is 8.43. The molecule has 0 radical (unpaired) electrons. The topological polar surface area (TPSA) is 104 Å². The number of nitrogens with zero attached hydrogens (tertiary/aromatic N) is 4. The van der Waals surface area contributed by atoms with Crippen molar-refractivity contribution in [3.05, 3.63) is 22.9 Å². The highest BCUT2D eigenvalue weighted by atomic mass is 32.2. The minimum absolute atomic E-state index is 0.190. The summed E-state index contributed by atoms with van der Waals surface area (Å²) in [5.74, 6) is 1.42. The molecule has 7 heteroatoms. The van der Waals surface area contributed by atoms with Crippen LogP contribution in [0, 0.1) is 22.7 Å². The number of hydrogen-bond acceptors (Lipinski definition) is 6. The highest BCUT2D eigenvalue weighted by Gasteiger charge is 2.21. The Morgan fingerprint density at radius 1 is 1.70 bits per heavy atom. The molecule has 6 nitrogen and oxygen atoms in total. The van der Waals surface area contributed by atoms with Crippen molar-refractivity contribution in [3.63, 3.8) is 0 Å². The van der Waals surface area contributed by atoms with Crippen molar-refractivity contribution < 1.29 is 0 Å². The molecule has 0 saturated heterocycles. The van der Waals surface area contributed by atoms with E-state index in [2.05, 4.69) is 23.0 Å². The molecule has 0 aromatic carbocycles. The first-order valence-electron chi connectivity index (χ1n) is 6.19. The fourth-order valence-corrected chi connectivity index (χ4v) is 3.07. The number of aromatic nitrogens is 2. The first kappa shape index (κ1) is 14.3. The van der Waals surface area contributed by atoms with E-state index in [-0.39, 0.29) is 11.1 Å². The largest absolute Gasteiger partial charge is 0.404 e. The summed E-state index contributed by atoms with van der Waals surface area (Å²) in [6, 6.07) is 2.06. The van der Waals surface area contributed by atoms with Gasteiger partial charge in [0.25, 0.3) is 0 Å². The van der Waals surface area contributed by atoms with E-state index in [4.69, 9.17) is 11.1 Å². The number of fused-ring (bicyclic) bond motifs is 1. The number of nitrogens with one attached hydrogen (secondary N) is 1. The Labute approximate surface area is 121 Å². The van der Waals surface area contributed by atoms with E-state index in [0.717, 1.165) is 10.9 Å². The van der Waals surface area contributed by atoms with Gasteiger partial charge >= 0.3 is 0 Å². The van der Waals surface area contributed by atoms with Crippen molar-refractivity contribution in [2.75, 3.05) is 12.8 Å². The van der Waals surface area contributed by atoms with Gasteiger partial charge in [-0.15, -0.1) is 0 Å². The van der Waals surface area contributed by atoms with Gasteiger partial charge in [0.2, 0.25) is 0 Å². The van der Waals surface area contributed by atoms with Crippen LogP contribution in [0.2, 0.25) is 0 Å². The average Bonchev–Trinajstić information content (AvgIpc) is 2.45. The van der Waals surface area contributed by atoms with Crippen molar-refractivity contribution in [1.29, 1.82) is 10.7 Å². The molecule has 2 rings (SSSR count). The highest BCUT2D eigenvalue weighted by molar-refractivity contribution is 7.99. The van der Waals surface area contributed by atoms with Crippen molar-refractivity contribution in [3.8, 4) is 6.07 Å². The lowest BCUT2D eigenvalue weighted by Crippen LogP contribution is -2.33. The quantitative estimate of drug-likeness (QED) is 0.625. The number of hydrogen-bond donors (Lipinski definition) is 2. The lowest BCUT2D eigenvalue weighted by molar-refractivity contribution is 0.451. The zero-order valence-corrected chi connectivity index (χ0v) is 12.2. The lowest BCUT2D eigenvalue weighted by atomic mass is 10.1. The minimum atomic E-state index is 0.190. The molecule has 1 aliphatic rings. The number of nitrogens with two attached hydrogens (primary N) is 1.